The average Bonchev–Trinajstić information content (AvgIpc) is 2.86. The molecule has 0 fully saturated rings. The van der Waals surface area contributed by atoms with E-state index in [2.05, 4.69) is 13.8 Å². The Morgan fingerprint density at radius 2 is 0.457 bits per heavy atom. The lowest BCUT2D eigenvalue weighted by Crippen LogP contribution is -1.97. The van der Waals surface area contributed by atoms with Crippen LogP contribution in [0.25, 0.3) is 0 Å². The van der Waals surface area contributed by atoms with Crippen molar-refractivity contribution >= 4 is 5.78 Å². The maximum atomic E-state index is 11.9. The van der Waals surface area contributed by atoms with Crippen molar-refractivity contribution in [1.29, 1.82) is 0 Å². The first-order chi connectivity index (χ1) is 17.3. The van der Waals surface area contributed by atoms with Crippen molar-refractivity contribution in [2.75, 3.05) is 0 Å². The molecule has 0 saturated carbocycles. The van der Waals surface area contributed by atoms with E-state index in [1.807, 2.05) is 0 Å². The summed E-state index contributed by atoms with van der Waals surface area (Å²) in [5, 5.41) is 0. The second kappa shape index (κ2) is 31.7. The van der Waals surface area contributed by atoms with Gasteiger partial charge in [-0.25, -0.2) is 0 Å². The zero-order chi connectivity index (χ0) is 25.5. The van der Waals surface area contributed by atoms with Gasteiger partial charge in [0.1, 0.15) is 5.78 Å². The van der Waals surface area contributed by atoms with Gasteiger partial charge in [-0.2, -0.15) is 0 Å². The van der Waals surface area contributed by atoms with Gasteiger partial charge < -0.3 is 0 Å². The number of unbranched alkanes of at least 4 members (excludes halogenated alkanes) is 27. The highest BCUT2D eigenvalue weighted by atomic mass is 16.1. The Kier molecular flexibility index (Phi) is 31.4. The van der Waals surface area contributed by atoms with E-state index >= 15 is 0 Å². The van der Waals surface area contributed by atoms with E-state index in [0.717, 1.165) is 25.7 Å². The summed E-state index contributed by atoms with van der Waals surface area (Å²) in [4.78, 5) is 11.9. The van der Waals surface area contributed by atoms with Crippen LogP contribution in [0, 0.1) is 0 Å². The van der Waals surface area contributed by atoms with Gasteiger partial charge >= 0.3 is 0 Å². The van der Waals surface area contributed by atoms with Crippen LogP contribution >= 0.6 is 0 Å². The molecule has 0 aromatic rings. The lowest BCUT2D eigenvalue weighted by molar-refractivity contribution is -0.119. The molecule has 1 heteroatoms. The van der Waals surface area contributed by atoms with E-state index < -0.39 is 0 Å². The van der Waals surface area contributed by atoms with Gasteiger partial charge in [0, 0.05) is 12.8 Å². The van der Waals surface area contributed by atoms with E-state index in [-0.39, 0.29) is 0 Å². The molecular weight excluding hydrogens is 424 g/mol. The van der Waals surface area contributed by atoms with Crippen molar-refractivity contribution in [2.45, 2.75) is 213 Å². The molecule has 210 valence electrons. The standard InChI is InChI=1S/C34H68O/c1-3-5-7-9-10-11-12-13-14-15-16-17-18-19-20-21-22-23-24-25-26-27-29-31-33-34(35)32-30-28-8-6-4-2/h3-33H2,1-2H3. The van der Waals surface area contributed by atoms with Crippen LogP contribution in [0.3, 0.4) is 0 Å². The third-order valence-electron chi connectivity index (χ3n) is 7.87. The molecular formula is C34H68O. The molecule has 0 atom stereocenters. The molecule has 35 heavy (non-hydrogen) atoms. The number of hydrogen-bond donors (Lipinski definition) is 0. The first-order valence-electron chi connectivity index (χ1n) is 16.8. The second-order valence-corrected chi connectivity index (χ2v) is 11.6. The van der Waals surface area contributed by atoms with Crippen LogP contribution in [0.5, 0.6) is 0 Å². The van der Waals surface area contributed by atoms with Gasteiger partial charge in [0.05, 0.1) is 0 Å². The average molecular weight is 493 g/mol. The fourth-order valence-electron chi connectivity index (χ4n) is 5.34. The van der Waals surface area contributed by atoms with Gasteiger partial charge in [-0.3, -0.25) is 4.79 Å². The summed E-state index contributed by atoms with van der Waals surface area (Å²) >= 11 is 0. The minimum atomic E-state index is 0.514. The van der Waals surface area contributed by atoms with Crippen LogP contribution in [0.1, 0.15) is 213 Å². The molecule has 0 saturated heterocycles. The zero-order valence-electron chi connectivity index (χ0n) is 24.8. The Morgan fingerprint density at radius 1 is 0.286 bits per heavy atom. The summed E-state index contributed by atoms with van der Waals surface area (Å²) in [7, 11) is 0. The van der Waals surface area contributed by atoms with Crippen LogP contribution in [0.4, 0.5) is 0 Å². The smallest absolute Gasteiger partial charge is 0.132 e. The minimum absolute atomic E-state index is 0.514. The molecule has 0 amide bonds. The topological polar surface area (TPSA) is 17.1 Å². The summed E-state index contributed by atoms with van der Waals surface area (Å²) in [6, 6.07) is 0. The summed E-state index contributed by atoms with van der Waals surface area (Å²) < 4.78 is 0. The molecule has 0 aliphatic heterocycles. The quantitative estimate of drug-likeness (QED) is 0.0879. The predicted octanol–water partition coefficient (Wildman–Crippen LogP) is 12.7. The van der Waals surface area contributed by atoms with Crippen molar-refractivity contribution < 1.29 is 4.79 Å². The third kappa shape index (κ3) is 31.6. The fourth-order valence-corrected chi connectivity index (χ4v) is 5.34. The van der Waals surface area contributed by atoms with E-state index in [4.69, 9.17) is 0 Å². The van der Waals surface area contributed by atoms with E-state index in [9.17, 15) is 4.79 Å². The predicted molar refractivity (Wildman–Crippen MR) is 159 cm³/mol. The molecule has 0 spiro atoms. The zero-order valence-corrected chi connectivity index (χ0v) is 24.8. The van der Waals surface area contributed by atoms with Crippen LogP contribution < -0.4 is 0 Å². The maximum absolute atomic E-state index is 11.9. The summed E-state index contributed by atoms with van der Waals surface area (Å²) in [6.07, 6.45) is 42.2. The van der Waals surface area contributed by atoms with Gasteiger partial charge in [-0.1, -0.05) is 187 Å². The van der Waals surface area contributed by atoms with Crippen LogP contribution in [-0.2, 0) is 4.79 Å². The van der Waals surface area contributed by atoms with Gasteiger partial charge in [-0.15, -0.1) is 0 Å². The highest BCUT2D eigenvalue weighted by Gasteiger charge is 2.02. The maximum Gasteiger partial charge on any atom is 0.132 e. The van der Waals surface area contributed by atoms with Gasteiger partial charge in [0.15, 0.2) is 0 Å². The van der Waals surface area contributed by atoms with Crippen molar-refractivity contribution in [3.63, 3.8) is 0 Å². The Labute approximate surface area is 223 Å². The molecule has 0 aliphatic carbocycles. The highest BCUT2D eigenvalue weighted by Crippen LogP contribution is 2.16. The van der Waals surface area contributed by atoms with E-state index in [1.165, 1.54) is 173 Å². The molecule has 0 heterocycles. The van der Waals surface area contributed by atoms with E-state index in [0.29, 0.717) is 5.78 Å². The third-order valence-corrected chi connectivity index (χ3v) is 7.87. The monoisotopic (exact) mass is 493 g/mol. The first kappa shape index (κ1) is 34.7. The van der Waals surface area contributed by atoms with E-state index in [1.54, 1.807) is 0 Å². The van der Waals surface area contributed by atoms with Crippen LogP contribution in [0.15, 0.2) is 0 Å². The number of Topliss-reactive ketones (excluding diaryl/α,β-unsaturated/α-hetero) is 1. The number of rotatable bonds is 31. The van der Waals surface area contributed by atoms with Gasteiger partial charge in [0.2, 0.25) is 0 Å². The molecule has 0 rings (SSSR count). The van der Waals surface area contributed by atoms with Crippen LogP contribution in [-0.4, -0.2) is 5.78 Å². The Bertz CT molecular complexity index is 388. The van der Waals surface area contributed by atoms with Crippen molar-refractivity contribution in [3.05, 3.63) is 0 Å². The number of ketones is 1. The molecule has 0 radical (unpaired) electrons. The molecule has 0 aromatic carbocycles. The molecule has 0 aliphatic rings. The minimum Gasteiger partial charge on any atom is -0.300 e. The summed E-state index contributed by atoms with van der Waals surface area (Å²) in [6.45, 7) is 4.54. The Hall–Kier alpha value is -0.330. The molecule has 0 N–H and O–H groups in total. The van der Waals surface area contributed by atoms with Gasteiger partial charge in [-0.05, 0) is 12.8 Å². The second-order valence-electron chi connectivity index (χ2n) is 11.6. The van der Waals surface area contributed by atoms with Crippen LogP contribution in [0.2, 0.25) is 0 Å². The van der Waals surface area contributed by atoms with Crippen molar-refractivity contribution in [3.8, 4) is 0 Å². The lowest BCUT2D eigenvalue weighted by atomic mass is 10.0. The number of carbonyl (C=O) groups excluding carboxylic acids is 1. The summed E-state index contributed by atoms with van der Waals surface area (Å²) in [5.74, 6) is 0.514. The molecule has 0 unspecified atom stereocenters. The number of hydrogen-bond acceptors (Lipinski definition) is 1. The highest BCUT2D eigenvalue weighted by molar-refractivity contribution is 5.78. The summed E-state index contributed by atoms with van der Waals surface area (Å²) in [5.41, 5.74) is 0. The number of carbonyl (C=O) groups is 1. The molecule has 0 aromatic heterocycles. The Balaban J connectivity index is 3.08. The normalized spacial score (nSPS) is 11.4. The largest absolute Gasteiger partial charge is 0.300 e. The fraction of sp³-hybridized carbons (Fsp3) is 0.971. The first-order valence-corrected chi connectivity index (χ1v) is 16.8. The SMILES string of the molecule is CCCCCCCCCCCCCCCCCCCCCCCCCCC(=O)CCCCCCC. The Morgan fingerprint density at radius 3 is 0.657 bits per heavy atom. The van der Waals surface area contributed by atoms with Gasteiger partial charge in [0.25, 0.3) is 0 Å². The molecule has 1 nitrogen and oxygen atoms in total. The van der Waals surface area contributed by atoms with Crippen molar-refractivity contribution in [2.24, 2.45) is 0 Å². The molecule has 0 bridgehead atoms. The van der Waals surface area contributed by atoms with Crippen molar-refractivity contribution in [1.82, 2.24) is 0 Å². The lowest BCUT2D eigenvalue weighted by Gasteiger charge is -2.04.